The smallest absolute Gasteiger partial charge is 0.170 e. The number of benzene rings is 3. The van der Waals surface area contributed by atoms with E-state index in [2.05, 4.69) is 21.1 Å². The summed E-state index contributed by atoms with van der Waals surface area (Å²) in [5.41, 5.74) is 9.06. The van der Waals surface area contributed by atoms with Crippen LogP contribution >= 0.6 is 15.9 Å². The van der Waals surface area contributed by atoms with Crippen molar-refractivity contribution in [3.05, 3.63) is 70.5 Å². The number of hydrogen-bond acceptors (Lipinski definition) is 4. The summed E-state index contributed by atoms with van der Waals surface area (Å²) in [7, 11) is 1.44. The van der Waals surface area contributed by atoms with Crippen LogP contribution in [0.15, 0.2) is 64.2 Å². The molecule has 3 aromatic carbocycles. The molecule has 0 unspecified atom stereocenters. The number of aromatic hydroxyl groups is 1. The van der Waals surface area contributed by atoms with Crippen LogP contribution in [0, 0.1) is 5.82 Å². The summed E-state index contributed by atoms with van der Waals surface area (Å²) in [5, 5.41) is 22.0. The Morgan fingerprint density at radius 2 is 1.78 bits per heavy atom. The average Bonchev–Trinajstić information content (AvgIpc) is 2.67. The maximum atomic E-state index is 13.7. The van der Waals surface area contributed by atoms with Crippen molar-refractivity contribution in [2.75, 3.05) is 7.11 Å². The Bertz CT molecular complexity index is 1020. The number of amidine groups is 1. The molecule has 3 rings (SSSR count). The molecule has 0 aliphatic carbocycles. The summed E-state index contributed by atoms with van der Waals surface area (Å²) >= 11 is 3.44. The van der Waals surface area contributed by atoms with Gasteiger partial charge < -0.3 is 20.8 Å². The number of phenolic OH excluding ortho intramolecular Hbond substituents is 1. The Labute approximate surface area is 163 Å². The Kier molecular flexibility index (Phi) is 5.32. The second kappa shape index (κ2) is 7.67. The van der Waals surface area contributed by atoms with Crippen LogP contribution in [0.5, 0.6) is 11.5 Å². The van der Waals surface area contributed by atoms with E-state index in [1.54, 1.807) is 36.4 Å². The largest absolute Gasteiger partial charge is 0.508 e. The van der Waals surface area contributed by atoms with Crippen molar-refractivity contribution in [3.8, 4) is 33.8 Å². The summed E-state index contributed by atoms with van der Waals surface area (Å²) in [5.74, 6) is -0.0994. The van der Waals surface area contributed by atoms with Crippen molar-refractivity contribution < 1.29 is 19.4 Å². The molecule has 0 spiro atoms. The van der Waals surface area contributed by atoms with Crippen molar-refractivity contribution in [2.24, 2.45) is 10.9 Å². The lowest BCUT2D eigenvalue weighted by Crippen LogP contribution is -2.15. The minimum atomic E-state index is -0.441. The van der Waals surface area contributed by atoms with Crippen LogP contribution in [-0.2, 0) is 0 Å². The molecule has 0 radical (unpaired) electrons. The Morgan fingerprint density at radius 1 is 1.07 bits per heavy atom. The lowest BCUT2D eigenvalue weighted by Gasteiger charge is -2.18. The summed E-state index contributed by atoms with van der Waals surface area (Å²) in [4.78, 5) is 0. The van der Waals surface area contributed by atoms with E-state index in [1.165, 1.54) is 19.2 Å². The van der Waals surface area contributed by atoms with Gasteiger partial charge in [0, 0.05) is 27.2 Å². The van der Waals surface area contributed by atoms with E-state index >= 15 is 0 Å². The van der Waals surface area contributed by atoms with Crippen LogP contribution in [0.2, 0.25) is 0 Å². The van der Waals surface area contributed by atoms with Crippen LogP contribution < -0.4 is 10.5 Å². The number of hydrogen-bond donors (Lipinski definition) is 3. The van der Waals surface area contributed by atoms with Gasteiger partial charge in [-0.2, -0.15) is 0 Å². The van der Waals surface area contributed by atoms with Crippen molar-refractivity contribution in [3.63, 3.8) is 0 Å². The maximum absolute atomic E-state index is 13.7. The highest BCUT2D eigenvalue weighted by Crippen LogP contribution is 2.42. The molecule has 0 aliphatic rings. The van der Waals surface area contributed by atoms with Gasteiger partial charge in [0.1, 0.15) is 17.3 Å². The van der Waals surface area contributed by atoms with E-state index in [1.807, 2.05) is 6.07 Å². The van der Waals surface area contributed by atoms with Gasteiger partial charge in [0.05, 0.1) is 7.11 Å². The number of methoxy groups -OCH3 is 1. The molecule has 138 valence electrons. The third-order valence-electron chi connectivity index (χ3n) is 4.10. The van der Waals surface area contributed by atoms with Crippen LogP contribution in [-0.4, -0.2) is 23.3 Å². The third kappa shape index (κ3) is 3.73. The van der Waals surface area contributed by atoms with Crippen LogP contribution in [0.25, 0.3) is 22.3 Å². The Morgan fingerprint density at radius 3 is 2.41 bits per heavy atom. The molecule has 0 aliphatic heterocycles. The predicted molar refractivity (Wildman–Crippen MR) is 106 cm³/mol. The SMILES string of the molecule is COc1cc(F)ccc1-c1c(C(N)=NO)cc(Br)cc1-c1ccc(O)cc1. The molecular weight excluding hydrogens is 415 g/mol. The van der Waals surface area contributed by atoms with Crippen molar-refractivity contribution in [1.29, 1.82) is 0 Å². The van der Waals surface area contributed by atoms with E-state index in [-0.39, 0.29) is 11.6 Å². The molecule has 0 heterocycles. The second-order valence-corrected chi connectivity index (χ2v) is 6.67. The zero-order chi connectivity index (χ0) is 19.6. The number of oxime groups is 1. The zero-order valence-corrected chi connectivity index (χ0v) is 15.9. The van der Waals surface area contributed by atoms with E-state index in [4.69, 9.17) is 10.5 Å². The third-order valence-corrected chi connectivity index (χ3v) is 4.56. The molecule has 4 N–H and O–H groups in total. The van der Waals surface area contributed by atoms with Gasteiger partial charge in [0.25, 0.3) is 0 Å². The standard InChI is InChI=1S/C20H16BrFN2O3/c1-27-18-10-13(22)4-7-15(18)19-16(11-2-5-14(25)6-3-11)8-12(21)9-17(19)20(23)24-26/h2-10,25-26H,1H3,(H2,23,24). The molecule has 0 aromatic heterocycles. The fourth-order valence-electron chi connectivity index (χ4n) is 2.89. The zero-order valence-electron chi connectivity index (χ0n) is 14.3. The lowest BCUT2D eigenvalue weighted by molar-refractivity contribution is 0.318. The first kappa shape index (κ1) is 18.7. The molecule has 5 nitrogen and oxygen atoms in total. The molecule has 0 fully saturated rings. The van der Waals surface area contributed by atoms with Crippen molar-refractivity contribution >= 4 is 21.8 Å². The number of nitrogens with two attached hydrogens (primary N) is 1. The predicted octanol–water partition coefficient (Wildman–Crippen LogP) is 4.73. The first-order valence-electron chi connectivity index (χ1n) is 7.89. The van der Waals surface area contributed by atoms with Crippen molar-refractivity contribution in [1.82, 2.24) is 0 Å². The summed E-state index contributed by atoms with van der Waals surface area (Å²) in [6.07, 6.45) is 0. The highest BCUT2D eigenvalue weighted by molar-refractivity contribution is 9.10. The van der Waals surface area contributed by atoms with E-state index in [0.29, 0.717) is 26.9 Å². The van der Waals surface area contributed by atoms with E-state index in [0.717, 1.165) is 11.1 Å². The normalized spacial score (nSPS) is 11.4. The molecule has 0 saturated carbocycles. The molecule has 3 aromatic rings. The van der Waals surface area contributed by atoms with Gasteiger partial charge in [-0.3, -0.25) is 0 Å². The topological polar surface area (TPSA) is 88.1 Å². The van der Waals surface area contributed by atoms with Gasteiger partial charge in [0.15, 0.2) is 5.84 Å². The monoisotopic (exact) mass is 430 g/mol. The van der Waals surface area contributed by atoms with Gasteiger partial charge in [-0.15, -0.1) is 0 Å². The maximum Gasteiger partial charge on any atom is 0.170 e. The minimum Gasteiger partial charge on any atom is -0.508 e. The molecule has 27 heavy (non-hydrogen) atoms. The Balaban J connectivity index is 2.41. The number of ether oxygens (including phenoxy) is 1. The lowest BCUT2D eigenvalue weighted by atomic mass is 9.89. The second-order valence-electron chi connectivity index (χ2n) is 5.75. The highest BCUT2D eigenvalue weighted by Gasteiger charge is 2.20. The molecule has 0 atom stereocenters. The average molecular weight is 431 g/mol. The number of rotatable bonds is 4. The number of phenols is 1. The van der Waals surface area contributed by atoms with Crippen LogP contribution in [0.1, 0.15) is 5.56 Å². The molecular formula is C20H16BrFN2O3. The molecule has 7 heteroatoms. The number of halogens is 2. The summed E-state index contributed by atoms with van der Waals surface area (Å²) in [6, 6.07) is 14.3. The number of nitrogens with zero attached hydrogens (tertiary/aromatic N) is 1. The Hall–Kier alpha value is -3.06. The van der Waals surface area contributed by atoms with Gasteiger partial charge in [0.2, 0.25) is 0 Å². The molecule has 0 saturated heterocycles. The molecule has 0 bridgehead atoms. The van der Waals surface area contributed by atoms with Gasteiger partial charge in [-0.25, -0.2) is 4.39 Å². The fourth-order valence-corrected chi connectivity index (χ4v) is 3.35. The first-order valence-corrected chi connectivity index (χ1v) is 8.68. The van der Waals surface area contributed by atoms with Crippen LogP contribution in [0.3, 0.4) is 0 Å². The highest BCUT2D eigenvalue weighted by atomic mass is 79.9. The van der Waals surface area contributed by atoms with Gasteiger partial charge in [-0.05, 0) is 47.5 Å². The summed E-state index contributed by atoms with van der Waals surface area (Å²) in [6.45, 7) is 0. The van der Waals surface area contributed by atoms with Gasteiger partial charge in [-0.1, -0.05) is 33.2 Å². The summed E-state index contributed by atoms with van der Waals surface area (Å²) < 4.78 is 19.8. The first-order chi connectivity index (χ1) is 12.9. The molecule has 0 amide bonds. The van der Waals surface area contributed by atoms with Gasteiger partial charge >= 0.3 is 0 Å². The van der Waals surface area contributed by atoms with Crippen LogP contribution in [0.4, 0.5) is 4.39 Å². The van der Waals surface area contributed by atoms with E-state index in [9.17, 15) is 14.7 Å². The van der Waals surface area contributed by atoms with E-state index < -0.39 is 5.82 Å². The minimum absolute atomic E-state index is 0.0993. The quantitative estimate of drug-likeness (QED) is 0.241. The fraction of sp³-hybridized carbons (Fsp3) is 0.0500. The van der Waals surface area contributed by atoms with Crippen molar-refractivity contribution in [2.45, 2.75) is 0 Å².